The largest absolute Gasteiger partial charge is 0.469 e. The molecule has 0 bridgehead atoms. The molecule has 0 fully saturated rings. The van der Waals surface area contributed by atoms with Crippen LogP contribution in [0.4, 0.5) is 10.2 Å². The lowest BCUT2D eigenvalue weighted by molar-refractivity contribution is 0.139. The fraction of sp³-hybridized carbons (Fsp3) is 0.429. The van der Waals surface area contributed by atoms with Gasteiger partial charge in [0.1, 0.15) is 17.4 Å². The number of aromatic nitrogens is 2. The standard InChI is InChI=1S/C22H33N3O4.C6H5F.H2/c1-6-7-9-18-19(24(5)21(28)25(20(18)27)14-8-15-26)23-22(3,4)29-17-12-10-16(2)11-13-17;7-6-4-2-1-3-5-6;/h10-13,23,26H,6-9,14-15H2,1-5H3;1-5H;1H. The number of rotatable bonds is 10. The molecule has 2 aromatic carbocycles. The minimum atomic E-state index is -0.843. The molecule has 0 saturated carbocycles. The van der Waals surface area contributed by atoms with Crippen LogP contribution in [0, 0.1) is 12.7 Å². The van der Waals surface area contributed by atoms with Gasteiger partial charge < -0.3 is 15.2 Å². The number of halogens is 1. The molecule has 0 spiro atoms. The summed E-state index contributed by atoms with van der Waals surface area (Å²) < 4.78 is 20.7. The van der Waals surface area contributed by atoms with E-state index in [1.165, 1.54) is 21.3 Å². The minimum absolute atomic E-state index is 0. The van der Waals surface area contributed by atoms with Crippen molar-refractivity contribution in [2.24, 2.45) is 7.05 Å². The first-order valence-electron chi connectivity index (χ1n) is 12.3. The fourth-order valence-corrected chi connectivity index (χ4v) is 3.62. The van der Waals surface area contributed by atoms with Gasteiger partial charge in [-0.15, -0.1) is 0 Å². The topological polar surface area (TPSA) is 85.5 Å². The summed E-state index contributed by atoms with van der Waals surface area (Å²) in [5.74, 6) is 0.998. The summed E-state index contributed by atoms with van der Waals surface area (Å²) in [6, 6.07) is 15.7. The second-order valence-corrected chi connectivity index (χ2v) is 9.15. The zero-order chi connectivity index (χ0) is 26.7. The van der Waals surface area contributed by atoms with Gasteiger partial charge >= 0.3 is 5.69 Å². The summed E-state index contributed by atoms with van der Waals surface area (Å²) in [5, 5.41) is 12.4. The Morgan fingerprint density at radius 1 is 1.06 bits per heavy atom. The van der Waals surface area contributed by atoms with Gasteiger partial charge in [-0.2, -0.15) is 0 Å². The van der Waals surface area contributed by atoms with Crippen molar-refractivity contribution in [3.63, 3.8) is 0 Å². The van der Waals surface area contributed by atoms with Crippen molar-refractivity contribution >= 4 is 5.82 Å². The molecule has 2 N–H and O–H groups in total. The smallest absolute Gasteiger partial charge is 0.332 e. The Hall–Kier alpha value is -3.39. The van der Waals surface area contributed by atoms with Crippen molar-refractivity contribution in [2.45, 2.75) is 65.6 Å². The van der Waals surface area contributed by atoms with Crippen LogP contribution >= 0.6 is 0 Å². The molecular formula is C28H40FN3O4. The van der Waals surface area contributed by atoms with E-state index >= 15 is 0 Å². The quantitative estimate of drug-likeness (QED) is 0.387. The average molecular weight is 502 g/mol. The highest BCUT2D eigenvalue weighted by Crippen LogP contribution is 2.22. The Kier molecular flexibility index (Phi) is 10.9. The molecule has 8 heteroatoms. The molecule has 0 aliphatic heterocycles. The molecule has 0 atom stereocenters. The maximum Gasteiger partial charge on any atom is 0.332 e. The molecule has 0 amide bonds. The summed E-state index contributed by atoms with van der Waals surface area (Å²) in [5.41, 5.74) is 0.150. The van der Waals surface area contributed by atoms with Gasteiger partial charge in [0.2, 0.25) is 0 Å². The number of hydrogen-bond donors (Lipinski definition) is 2. The predicted octanol–water partition coefficient (Wildman–Crippen LogP) is 4.88. The molecule has 0 aliphatic carbocycles. The Morgan fingerprint density at radius 2 is 1.69 bits per heavy atom. The van der Waals surface area contributed by atoms with Crippen LogP contribution in [0.5, 0.6) is 5.75 Å². The molecule has 1 aromatic heterocycles. The van der Waals surface area contributed by atoms with Crippen molar-refractivity contribution in [3.8, 4) is 5.75 Å². The van der Waals surface area contributed by atoms with E-state index in [1.807, 2.05) is 45.0 Å². The number of nitrogens with one attached hydrogen (secondary N) is 1. The minimum Gasteiger partial charge on any atom is -0.469 e. The third-order valence-corrected chi connectivity index (χ3v) is 5.51. The molecule has 1 heterocycles. The van der Waals surface area contributed by atoms with E-state index in [0.29, 0.717) is 30.0 Å². The van der Waals surface area contributed by atoms with E-state index in [9.17, 15) is 14.0 Å². The maximum absolute atomic E-state index is 13.0. The van der Waals surface area contributed by atoms with Crippen LogP contribution in [-0.2, 0) is 20.0 Å². The van der Waals surface area contributed by atoms with Gasteiger partial charge in [-0.1, -0.05) is 49.2 Å². The van der Waals surface area contributed by atoms with Crippen molar-refractivity contribution in [1.29, 1.82) is 0 Å². The van der Waals surface area contributed by atoms with Gasteiger partial charge in [0.15, 0.2) is 5.72 Å². The molecule has 0 radical (unpaired) electrons. The zero-order valence-electron chi connectivity index (χ0n) is 21.9. The summed E-state index contributed by atoms with van der Waals surface area (Å²) in [7, 11) is 1.65. The van der Waals surface area contributed by atoms with E-state index in [4.69, 9.17) is 9.84 Å². The number of aliphatic hydroxyl groups excluding tert-OH is 1. The first kappa shape index (κ1) is 28.8. The fourth-order valence-electron chi connectivity index (χ4n) is 3.62. The zero-order valence-corrected chi connectivity index (χ0v) is 21.9. The van der Waals surface area contributed by atoms with Crippen LogP contribution in [0.15, 0.2) is 64.2 Å². The van der Waals surface area contributed by atoms with Crippen LogP contribution in [0.25, 0.3) is 0 Å². The van der Waals surface area contributed by atoms with Crippen LogP contribution < -0.4 is 21.3 Å². The SMILES string of the molecule is CCCCc1c(NC(C)(C)Oc2ccc(C)cc2)n(C)c(=O)n(CCCO)c1=O.Fc1ccccc1.[HH]. The van der Waals surface area contributed by atoms with E-state index in [0.717, 1.165) is 18.4 Å². The van der Waals surface area contributed by atoms with Gasteiger partial charge in [-0.3, -0.25) is 13.9 Å². The van der Waals surface area contributed by atoms with Crippen LogP contribution in [0.2, 0.25) is 0 Å². The number of anilines is 1. The molecule has 0 unspecified atom stereocenters. The van der Waals surface area contributed by atoms with E-state index in [-0.39, 0.29) is 26.0 Å². The van der Waals surface area contributed by atoms with Crippen LogP contribution in [-0.4, -0.2) is 26.6 Å². The Bertz CT molecular complexity index is 1210. The second-order valence-electron chi connectivity index (χ2n) is 9.15. The number of ether oxygens (including phenoxy) is 1. The van der Waals surface area contributed by atoms with Gasteiger partial charge in [-0.25, -0.2) is 9.18 Å². The monoisotopic (exact) mass is 501 g/mol. The molecule has 36 heavy (non-hydrogen) atoms. The number of hydrogen-bond acceptors (Lipinski definition) is 5. The first-order chi connectivity index (χ1) is 17.1. The molecule has 3 aromatic rings. The summed E-state index contributed by atoms with van der Waals surface area (Å²) >= 11 is 0. The maximum atomic E-state index is 13.0. The highest BCUT2D eigenvalue weighted by Gasteiger charge is 2.25. The van der Waals surface area contributed by atoms with Gasteiger partial charge in [0, 0.05) is 21.6 Å². The van der Waals surface area contributed by atoms with E-state index in [1.54, 1.807) is 25.2 Å². The second kappa shape index (κ2) is 13.6. The van der Waals surface area contributed by atoms with Crippen molar-refractivity contribution in [3.05, 3.63) is 92.4 Å². The highest BCUT2D eigenvalue weighted by molar-refractivity contribution is 5.46. The highest BCUT2D eigenvalue weighted by atomic mass is 19.1. The Balaban J connectivity index is 0.000000737. The van der Waals surface area contributed by atoms with Crippen molar-refractivity contribution in [1.82, 2.24) is 9.13 Å². The predicted molar refractivity (Wildman–Crippen MR) is 144 cm³/mol. The Morgan fingerprint density at radius 3 is 2.22 bits per heavy atom. The molecule has 3 rings (SSSR count). The summed E-state index contributed by atoms with van der Waals surface area (Å²) in [6.45, 7) is 7.91. The lowest BCUT2D eigenvalue weighted by atomic mass is 10.1. The number of nitrogens with zero attached hydrogens (tertiary/aromatic N) is 2. The van der Waals surface area contributed by atoms with Gasteiger partial charge in [0.25, 0.3) is 5.56 Å². The first-order valence-corrected chi connectivity index (χ1v) is 12.3. The number of benzene rings is 2. The van der Waals surface area contributed by atoms with Gasteiger partial charge in [-0.05, 0) is 64.3 Å². The molecule has 0 saturated heterocycles. The molecular weight excluding hydrogens is 461 g/mol. The number of unbranched alkanes of at least 4 members (excludes halogenated alkanes) is 1. The number of aliphatic hydroxyl groups is 1. The van der Waals surface area contributed by atoms with E-state index < -0.39 is 11.4 Å². The lowest BCUT2D eigenvalue weighted by Gasteiger charge is -2.31. The third kappa shape index (κ3) is 8.37. The van der Waals surface area contributed by atoms with Crippen molar-refractivity contribution < 1.29 is 15.7 Å². The molecule has 198 valence electrons. The molecule has 7 nitrogen and oxygen atoms in total. The summed E-state index contributed by atoms with van der Waals surface area (Å²) in [6.07, 6.45) is 2.69. The average Bonchev–Trinajstić information content (AvgIpc) is 2.84. The van der Waals surface area contributed by atoms with Crippen LogP contribution in [0.1, 0.15) is 52.6 Å². The Labute approximate surface area is 213 Å². The third-order valence-electron chi connectivity index (χ3n) is 5.51. The lowest BCUT2D eigenvalue weighted by Crippen LogP contribution is -2.46. The van der Waals surface area contributed by atoms with E-state index in [2.05, 4.69) is 12.2 Å². The summed E-state index contributed by atoms with van der Waals surface area (Å²) in [4.78, 5) is 25.8. The van der Waals surface area contributed by atoms with Crippen molar-refractivity contribution in [2.75, 3.05) is 11.9 Å². The normalized spacial score (nSPS) is 11.0. The molecule has 0 aliphatic rings. The van der Waals surface area contributed by atoms with Crippen LogP contribution in [0.3, 0.4) is 0 Å². The number of aryl methyl sites for hydroxylation is 1. The van der Waals surface area contributed by atoms with Gasteiger partial charge in [0.05, 0.1) is 5.56 Å².